The molecule has 142 valence electrons. The maximum atomic E-state index is 12.8. The largest absolute Gasteiger partial charge is 0.368 e. The van der Waals surface area contributed by atoms with Crippen molar-refractivity contribution in [2.75, 3.05) is 6.54 Å². The third kappa shape index (κ3) is 3.13. The fourth-order valence-corrected chi connectivity index (χ4v) is 4.13. The van der Waals surface area contributed by atoms with Crippen molar-refractivity contribution in [3.8, 4) is 11.1 Å². The van der Waals surface area contributed by atoms with E-state index in [9.17, 15) is 9.59 Å². The van der Waals surface area contributed by atoms with Crippen LogP contribution in [0.1, 0.15) is 34.3 Å². The second-order valence-corrected chi connectivity index (χ2v) is 7.47. The number of fused-ring (bicyclic) bond motifs is 1. The van der Waals surface area contributed by atoms with Crippen LogP contribution in [0.5, 0.6) is 0 Å². The molecule has 2 amide bonds. The van der Waals surface area contributed by atoms with Gasteiger partial charge in [-0.25, -0.2) is 0 Å². The van der Waals surface area contributed by atoms with E-state index in [-0.39, 0.29) is 5.91 Å². The molecule has 5 heteroatoms. The standard InChI is InChI=1S/C23H23N3O2/c1-14-12-15(2)21-19(13-14)18(9-10-25-21)16-5-7-17(8-6-16)23(28)26-11-3-4-20(26)22(24)27/h5-10,12-13,20H,3-4,11H2,1-2H3,(H2,24,27)/t20-/m0/s1. The van der Waals surface area contributed by atoms with E-state index >= 15 is 0 Å². The highest BCUT2D eigenvalue weighted by molar-refractivity contribution is 5.99. The Morgan fingerprint density at radius 2 is 1.86 bits per heavy atom. The van der Waals surface area contributed by atoms with Gasteiger partial charge in [-0.1, -0.05) is 23.8 Å². The number of hydrogen-bond donors (Lipinski definition) is 1. The lowest BCUT2D eigenvalue weighted by atomic mass is 9.97. The predicted molar refractivity (Wildman–Crippen MR) is 110 cm³/mol. The first-order valence-electron chi connectivity index (χ1n) is 9.52. The normalized spacial score (nSPS) is 16.5. The number of aromatic nitrogens is 1. The molecule has 4 rings (SSSR count). The van der Waals surface area contributed by atoms with Crippen LogP contribution in [0, 0.1) is 13.8 Å². The van der Waals surface area contributed by atoms with Crippen LogP contribution in [0.4, 0.5) is 0 Å². The second kappa shape index (κ2) is 7.08. The summed E-state index contributed by atoms with van der Waals surface area (Å²) in [7, 11) is 0. The summed E-state index contributed by atoms with van der Waals surface area (Å²) in [4.78, 5) is 30.5. The van der Waals surface area contributed by atoms with Crippen LogP contribution in [-0.4, -0.2) is 34.3 Å². The number of nitrogens with two attached hydrogens (primary N) is 1. The Hall–Kier alpha value is -3.21. The first-order valence-corrected chi connectivity index (χ1v) is 9.52. The maximum Gasteiger partial charge on any atom is 0.254 e. The van der Waals surface area contributed by atoms with E-state index in [1.54, 1.807) is 4.90 Å². The Balaban J connectivity index is 1.69. The third-order valence-corrected chi connectivity index (χ3v) is 5.46. The molecule has 1 atom stereocenters. The van der Waals surface area contributed by atoms with Gasteiger partial charge in [-0.15, -0.1) is 0 Å². The van der Waals surface area contributed by atoms with E-state index in [2.05, 4.69) is 31.0 Å². The lowest BCUT2D eigenvalue weighted by Crippen LogP contribution is -2.43. The number of aryl methyl sites for hydroxylation is 2. The summed E-state index contributed by atoms with van der Waals surface area (Å²) < 4.78 is 0. The fraction of sp³-hybridized carbons (Fsp3) is 0.261. The van der Waals surface area contributed by atoms with E-state index in [1.165, 1.54) is 5.56 Å². The number of primary amides is 1. The van der Waals surface area contributed by atoms with E-state index in [1.807, 2.05) is 36.5 Å². The van der Waals surface area contributed by atoms with Gasteiger partial charge in [0.25, 0.3) is 5.91 Å². The van der Waals surface area contributed by atoms with Crippen LogP contribution in [0.25, 0.3) is 22.0 Å². The van der Waals surface area contributed by atoms with Gasteiger partial charge in [-0.3, -0.25) is 14.6 Å². The van der Waals surface area contributed by atoms with Gasteiger partial charge in [0, 0.05) is 23.7 Å². The molecule has 0 bridgehead atoms. The Kier molecular flexibility index (Phi) is 4.59. The average Bonchev–Trinajstić information content (AvgIpc) is 3.17. The molecule has 0 aliphatic carbocycles. The van der Waals surface area contributed by atoms with E-state index < -0.39 is 11.9 Å². The van der Waals surface area contributed by atoms with Gasteiger partial charge in [0.05, 0.1) is 5.52 Å². The summed E-state index contributed by atoms with van der Waals surface area (Å²) in [5, 5.41) is 1.10. The third-order valence-electron chi connectivity index (χ3n) is 5.46. The van der Waals surface area contributed by atoms with Gasteiger partial charge in [-0.05, 0) is 67.6 Å². The second-order valence-electron chi connectivity index (χ2n) is 7.47. The number of carbonyl (C=O) groups is 2. The summed E-state index contributed by atoms with van der Waals surface area (Å²) >= 11 is 0. The van der Waals surface area contributed by atoms with Crippen molar-refractivity contribution < 1.29 is 9.59 Å². The highest BCUT2D eigenvalue weighted by Crippen LogP contribution is 2.30. The van der Waals surface area contributed by atoms with Gasteiger partial charge in [0.2, 0.25) is 5.91 Å². The molecule has 1 fully saturated rings. The number of hydrogen-bond acceptors (Lipinski definition) is 3. The zero-order chi connectivity index (χ0) is 19.8. The Morgan fingerprint density at radius 3 is 2.57 bits per heavy atom. The lowest BCUT2D eigenvalue weighted by molar-refractivity contribution is -0.121. The maximum absolute atomic E-state index is 12.8. The number of pyridine rings is 1. The van der Waals surface area contributed by atoms with Crippen LogP contribution in [0.3, 0.4) is 0 Å². The van der Waals surface area contributed by atoms with Crippen molar-refractivity contribution in [3.05, 3.63) is 65.4 Å². The fourth-order valence-electron chi connectivity index (χ4n) is 4.13. The molecule has 28 heavy (non-hydrogen) atoms. The smallest absolute Gasteiger partial charge is 0.254 e. The minimum Gasteiger partial charge on any atom is -0.368 e. The van der Waals surface area contributed by atoms with Crippen molar-refractivity contribution in [2.45, 2.75) is 32.7 Å². The van der Waals surface area contributed by atoms with Crippen LogP contribution in [0.15, 0.2) is 48.7 Å². The Bertz CT molecular complexity index is 1070. The highest BCUT2D eigenvalue weighted by Gasteiger charge is 2.33. The van der Waals surface area contributed by atoms with Gasteiger partial charge in [-0.2, -0.15) is 0 Å². The summed E-state index contributed by atoms with van der Waals surface area (Å²) in [5.41, 5.74) is 11.5. The molecule has 1 aliphatic heterocycles. The highest BCUT2D eigenvalue weighted by atomic mass is 16.2. The zero-order valence-electron chi connectivity index (χ0n) is 16.1. The monoisotopic (exact) mass is 373 g/mol. The summed E-state index contributed by atoms with van der Waals surface area (Å²) in [6.45, 7) is 4.72. The number of nitrogens with zero attached hydrogens (tertiary/aromatic N) is 2. The van der Waals surface area contributed by atoms with Crippen LogP contribution < -0.4 is 5.73 Å². The van der Waals surface area contributed by atoms with E-state index in [4.69, 9.17) is 5.73 Å². The minimum absolute atomic E-state index is 0.140. The summed E-state index contributed by atoms with van der Waals surface area (Å²) in [6, 6.07) is 13.3. The first kappa shape index (κ1) is 18.2. The Morgan fingerprint density at radius 1 is 1.11 bits per heavy atom. The molecule has 0 unspecified atom stereocenters. The zero-order valence-corrected chi connectivity index (χ0v) is 16.1. The van der Waals surface area contributed by atoms with Crippen LogP contribution >= 0.6 is 0 Å². The molecule has 1 aliphatic rings. The molecular weight excluding hydrogens is 350 g/mol. The molecule has 2 N–H and O–H groups in total. The molecule has 0 spiro atoms. The minimum atomic E-state index is -0.498. The van der Waals surface area contributed by atoms with E-state index in [0.29, 0.717) is 18.5 Å². The van der Waals surface area contributed by atoms with Crippen molar-refractivity contribution in [2.24, 2.45) is 5.73 Å². The molecule has 0 saturated carbocycles. The number of rotatable bonds is 3. The quantitative estimate of drug-likeness (QED) is 0.762. The van der Waals surface area contributed by atoms with Crippen molar-refractivity contribution in [1.82, 2.24) is 9.88 Å². The first-order chi connectivity index (χ1) is 13.5. The number of amides is 2. The topological polar surface area (TPSA) is 76.3 Å². The molecule has 2 heterocycles. The Labute approximate surface area is 164 Å². The SMILES string of the molecule is Cc1cc(C)c2nccc(-c3ccc(C(=O)N4CCC[C@H]4C(N)=O)cc3)c2c1. The van der Waals surface area contributed by atoms with Crippen LogP contribution in [0.2, 0.25) is 0 Å². The number of benzene rings is 2. The van der Waals surface area contributed by atoms with Crippen molar-refractivity contribution >= 4 is 22.7 Å². The average molecular weight is 373 g/mol. The molecule has 5 nitrogen and oxygen atoms in total. The van der Waals surface area contributed by atoms with Crippen molar-refractivity contribution in [3.63, 3.8) is 0 Å². The number of carbonyl (C=O) groups excluding carboxylic acids is 2. The molecule has 2 aromatic carbocycles. The van der Waals surface area contributed by atoms with Crippen molar-refractivity contribution in [1.29, 1.82) is 0 Å². The molecule has 1 saturated heterocycles. The van der Waals surface area contributed by atoms with Gasteiger partial charge < -0.3 is 10.6 Å². The van der Waals surface area contributed by atoms with Gasteiger partial charge in [0.15, 0.2) is 0 Å². The predicted octanol–water partition coefficient (Wildman–Crippen LogP) is 3.61. The molecule has 3 aromatic rings. The number of likely N-dealkylation sites (tertiary alicyclic amines) is 1. The summed E-state index contributed by atoms with van der Waals surface area (Å²) in [6.07, 6.45) is 3.26. The summed E-state index contributed by atoms with van der Waals surface area (Å²) in [5.74, 6) is -0.574. The molecule has 0 radical (unpaired) electrons. The molecular formula is C23H23N3O2. The van der Waals surface area contributed by atoms with E-state index in [0.717, 1.165) is 34.0 Å². The van der Waals surface area contributed by atoms with Gasteiger partial charge >= 0.3 is 0 Å². The van der Waals surface area contributed by atoms with Crippen LogP contribution in [-0.2, 0) is 4.79 Å². The molecule has 1 aromatic heterocycles. The van der Waals surface area contributed by atoms with Gasteiger partial charge in [0.1, 0.15) is 6.04 Å². The lowest BCUT2D eigenvalue weighted by Gasteiger charge is -2.22.